The molecule has 1 aliphatic heterocycles. The number of hydrogen-bond acceptors (Lipinski definition) is 5. The van der Waals surface area contributed by atoms with Crippen molar-refractivity contribution < 1.29 is 17.9 Å². The van der Waals surface area contributed by atoms with Crippen LogP contribution in [0.5, 0.6) is 5.88 Å². The Labute approximate surface area is 174 Å². The Balaban J connectivity index is 1.29. The highest BCUT2D eigenvalue weighted by Crippen LogP contribution is 2.32. The highest BCUT2D eigenvalue weighted by molar-refractivity contribution is 5.49. The number of rotatable bonds is 5. The van der Waals surface area contributed by atoms with Crippen molar-refractivity contribution in [2.75, 3.05) is 36.4 Å². The molecule has 30 heavy (non-hydrogen) atoms. The minimum absolute atomic E-state index is 0.0790. The van der Waals surface area contributed by atoms with E-state index < -0.39 is 11.7 Å². The van der Waals surface area contributed by atoms with Gasteiger partial charge in [0.25, 0.3) is 0 Å². The number of hydrogen-bond donors (Lipinski definition) is 2. The summed E-state index contributed by atoms with van der Waals surface area (Å²) in [6, 6.07) is 9.55. The number of alkyl halides is 3. The Hall–Kier alpha value is -2.48. The molecule has 0 radical (unpaired) electrons. The fourth-order valence-corrected chi connectivity index (χ4v) is 4.10. The van der Waals surface area contributed by atoms with Crippen LogP contribution in [-0.4, -0.2) is 43.3 Å². The van der Waals surface area contributed by atoms with Crippen molar-refractivity contribution in [2.45, 2.75) is 44.0 Å². The van der Waals surface area contributed by atoms with Gasteiger partial charge in [-0.1, -0.05) is 6.07 Å². The van der Waals surface area contributed by atoms with Crippen LogP contribution in [0.1, 0.15) is 31.2 Å². The van der Waals surface area contributed by atoms with Crippen LogP contribution in [0, 0.1) is 0 Å². The summed E-state index contributed by atoms with van der Waals surface area (Å²) >= 11 is 0. The summed E-state index contributed by atoms with van der Waals surface area (Å²) in [5, 5.41) is 6.59. The molecule has 2 N–H and O–H groups in total. The summed E-state index contributed by atoms with van der Waals surface area (Å²) in [5.74, 6) is 0.639. The maximum atomic E-state index is 12.9. The zero-order valence-corrected chi connectivity index (χ0v) is 16.8. The molecule has 5 nitrogen and oxygen atoms in total. The molecule has 1 saturated carbocycles. The van der Waals surface area contributed by atoms with Gasteiger partial charge in [0.15, 0.2) is 0 Å². The number of piperazine rings is 1. The quantitative estimate of drug-likeness (QED) is 0.755. The lowest BCUT2D eigenvalue weighted by Crippen LogP contribution is -2.43. The van der Waals surface area contributed by atoms with Crippen LogP contribution < -0.4 is 20.3 Å². The minimum atomic E-state index is -4.32. The largest absolute Gasteiger partial charge is 0.474 e. The first kappa shape index (κ1) is 20.8. The maximum Gasteiger partial charge on any atom is 0.416 e. The van der Waals surface area contributed by atoms with Crippen LogP contribution in [0.2, 0.25) is 0 Å². The molecule has 1 aromatic heterocycles. The third-order valence-corrected chi connectivity index (χ3v) is 5.72. The molecule has 8 heteroatoms. The second kappa shape index (κ2) is 9.12. The lowest BCUT2D eigenvalue weighted by molar-refractivity contribution is -0.137. The Morgan fingerprint density at radius 3 is 2.53 bits per heavy atom. The van der Waals surface area contributed by atoms with Gasteiger partial charge < -0.3 is 20.3 Å². The predicted octanol–water partition coefficient (Wildman–Crippen LogP) is 4.31. The van der Waals surface area contributed by atoms with E-state index in [1.807, 2.05) is 12.1 Å². The maximum absolute atomic E-state index is 12.9. The van der Waals surface area contributed by atoms with E-state index in [-0.39, 0.29) is 12.1 Å². The third-order valence-electron chi connectivity index (χ3n) is 5.72. The van der Waals surface area contributed by atoms with E-state index in [0.717, 1.165) is 63.6 Å². The Morgan fingerprint density at radius 2 is 1.80 bits per heavy atom. The number of halogens is 3. The first-order chi connectivity index (χ1) is 14.5. The van der Waals surface area contributed by atoms with Gasteiger partial charge >= 0.3 is 6.18 Å². The Bertz CT molecular complexity index is 831. The first-order valence-corrected chi connectivity index (χ1v) is 10.5. The van der Waals surface area contributed by atoms with Gasteiger partial charge in [0, 0.05) is 55.9 Å². The number of ether oxygens (including phenoxy) is 1. The van der Waals surface area contributed by atoms with Crippen molar-refractivity contribution in [2.24, 2.45) is 0 Å². The number of nitrogens with zero attached hydrogens (tertiary/aromatic N) is 2. The lowest BCUT2D eigenvalue weighted by atomic mass is 9.92. The van der Waals surface area contributed by atoms with Crippen LogP contribution in [0.3, 0.4) is 0 Å². The molecule has 0 amide bonds. The van der Waals surface area contributed by atoms with E-state index in [2.05, 4.69) is 20.5 Å². The molecule has 0 atom stereocenters. The zero-order chi connectivity index (χ0) is 21.0. The smallest absolute Gasteiger partial charge is 0.416 e. The number of nitrogens with one attached hydrogen (secondary N) is 2. The summed E-state index contributed by atoms with van der Waals surface area (Å²) in [6.07, 6.45) is 0.918. The van der Waals surface area contributed by atoms with Gasteiger partial charge in [-0.05, 0) is 49.9 Å². The highest BCUT2D eigenvalue weighted by atomic mass is 19.4. The summed E-state index contributed by atoms with van der Waals surface area (Å²) in [5.41, 5.74) is 1.01. The van der Waals surface area contributed by atoms with Crippen molar-refractivity contribution in [3.8, 4) is 5.88 Å². The fraction of sp³-hybridized carbons (Fsp3) is 0.500. The van der Waals surface area contributed by atoms with E-state index in [1.165, 1.54) is 12.1 Å². The number of benzene rings is 1. The average molecular weight is 420 g/mol. The molecule has 1 aliphatic carbocycles. The summed E-state index contributed by atoms with van der Waals surface area (Å²) in [4.78, 5) is 6.68. The predicted molar refractivity (Wildman–Crippen MR) is 111 cm³/mol. The number of aromatic nitrogens is 1. The van der Waals surface area contributed by atoms with Crippen molar-refractivity contribution in [3.63, 3.8) is 0 Å². The van der Waals surface area contributed by atoms with Crippen LogP contribution in [-0.2, 0) is 6.18 Å². The Morgan fingerprint density at radius 1 is 1.03 bits per heavy atom. The van der Waals surface area contributed by atoms with Gasteiger partial charge in [-0.15, -0.1) is 0 Å². The average Bonchev–Trinajstić information content (AvgIpc) is 2.76. The van der Waals surface area contributed by atoms with Gasteiger partial charge in [0.05, 0.1) is 5.56 Å². The number of anilines is 2. The van der Waals surface area contributed by atoms with E-state index in [1.54, 1.807) is 12.3 Å². The lowest BCUT2D eigenvalue weighted by Gasteiger charge is -2.31. The van der Waals surface area contributed by atoms with Gasteiger partial charge in [0.2, 0.25) is 5.88 Å². The number of pyridine rings is 1. The second-order valence-electron chi connectivity index (χ2n) is 7.90. The fourth-order valence-electron chi connectivity index (χ4n) is 4.10. The van der Waals surface area contributed by atoms with Crippen molar-refractivity contribution in [1.82, 2.24) is 10.3 Å². The van der Waals surface area contributed by atoms with Crippen molar-refractivity contribution >= 4 is 11.4 Å². The topological polar surface area (TPSA) is 49.4 Å². The molecular weight excluding hydrogens is 393 g/mol. The molecule has 1 aromatic carbocycles. The van der Waals surface area contributed by atoms with Crippen LogP contribution >= 0.6 is 0 Å². The van der Waals surface area contributed by atoms with Crippen molar-refractivity contribution in [1.29, 1.82) is 0 Å². The molecule has 2 aromatic rings. The van der Waals surface area contributed by atoms with Crippen LogP contribution in [0.25, 0.3) is 0 Å². The molecule has 0 unspecified atom stereocenters. The summed E-state index contributed by atoms with van der Waals surface area (Å²) in [7, 11) is 0. The van der Waals surface area contributed by atoms with Crippen LogP contribution in [0.4, 0.5) is 24.5 Å². The molecule has 162 valence electrons. The zero-order valence-electron chi connectivity index (χ0n) is 16.8. The van der Waals surface area contributed by atoms with E-state index in [4.69, 9.17) is 4.74 Å². The summed E-state index contributed by atoms with van der Waals surface area (Å²) < 4.78 is 44.8. The minimum Gasteiger partial charge on any atom is -0.474 e. The normalized spacial score (nSPS) is 22.6. The molecule has 2 fully saturated rings. The highest BCUT2D eigenvalue weighted by Gasteiger charge is 2.31. The van der Waals surface area contributed by atoms with E-state index >= 15 is 0 Å². The third kappa shape index (κ3) is 5.36. The molecule has 0 bridgehead atoms. The first-order valence-electron chi connectivity index (χ1n) is 10.5. The standard InChI is InChI=1S/C22H27F3N4O/c23-22(24,25)16-2-1-3-18(14-16)28-17-4-6-20(7-5-17)30-21-15-19(8-9-27-21)29-12-10-26-11-13-29/h1-3,8-9,14-15,17,20,26,28H,4-7,10-13H2. The molecular formula is C22H27F3N4O. The molecule has 0 spiro atoms. The molecule has 2 aliphatic rings. The van der Waals surface area contributed by atoms with Gasteiger partial charge in [-0.2, -0.15) is 13.2 Å². The molecule has 2 heterocycles. The second-order valence-corrected chi connectivity index (χ2v) is 7.90. The SMILES string of the molecule is FC(F)(F)c1cccc(NC2CCC(Oc3cc(N4CCNCC4)ccn3)CC2)c1. The van der Waals surface area contributed by atoms with E-state index in [9.17, 15) is 13.2 Å². The molecule has 4 rings (SSSR count). The monoisotopic (exact) mass is 420 g/mol. The van der Waals surface area contributed by atoms with Crippen molar-refractivity contribution in [3.05, 3.63) is 48.2 Å². The van der Waals surface area contributed by atoms with Gasteiger partial charge in [0.1, 0.15) is 6.10 Å². The summed E-state index contributed by atoms with van der Waals surface area (Å²) in [6.45, 7) is 3.88. The molecule has 1 saturated heterocycles. The Kier molecular flexibility index (Phi) is 6.32. The van der Waals surface area contributed by atoms with Gasteiger partial charge in [-0.3, -0.25) is 0 Å². The van der Waals surface area contributed by atoms with E-state index in [0.29, 0.717) is 11.6 Å². The van der Waals surface area contributed by atoms with Crippen LogP contribution in [0.15, 0.2) is 42.6 Å². The van der Waals surface area contributed by atoms with Gasteiger partial charge in [-0.25, -0.2) is 4.98 Å².